The number of alkyl carbamates (subject to hydrolysis) is 1. The first kappa shape index (κ1) is 16.0. The van der Waals surface area contributed by atoms with Gasteiger partial charge in [0.15, 0.2) is 0 Å². The molecule has 0 fully saturated rings. The summed E-state index contributed by atoms with van der Waals surface area (Å²) in [4.78, 5) is 23.2. The number of amides is 2. The average Bonchev–Trinajstić information content (AvgIpc) is 2.29. The van der Waals surface area contributed by atoms with Gasteiger partial charge in [-0.25, -0.2) is 4.79 Å². The third-order valence-electron chi connectivity index (χ3n) is 2.46. The number of nitrogens with one attached hydrogen (secondary N) is 2. The van der Waals surface area contributed by atoms with Gasteiger partial charge in [0.2, 0.25) is 5.91 Å². The van der Waals surface area contributed by atoms with E-state index in [0.29, 0.717) is 0 Å². The van der Waals surface area contributed by atoms with E-state index in [4.69, 9.17) is 4.74 Å². The Hall–Kier alpha value is -2.04. The van der Waals surface area contributed by atoms with Gasteiger partial charge in [-0.3, -0.25) is 4.79 Å². The lowest BCUT2D eigenvalue weighted by molar-refractivity contribution is -0.115. The highest BCUT2D eigenvalue weighted by atomic mass is 16.6. The first-order valence-corrected chi connectivity index (χ1v) is 6.51. The molecule has 0 radical (unpaired) electrons. The van der Waals surface area contributed by atoms with Crippen molar-refractivity contribution in [3.05, 3.63) is 29.3 Å². The second kappa shape index (κ2) is 6.41. The number of carbonyl (C=O) groups is 2. The third-order valence-corrected chi connectivity index (χ3v) is 2.46. The molecule has 0 aliphatic rings. The molecule has 5 nitrogen and oxygen atoms in total. The summed E-state index contributed by atoms with van der Waals surface area (Å²) in [5.74, 6) is -0.287. The lowest BCUT2D eigenvalue weighted by atomic mass is 10.1. The topological polar surface area (TPSA) is 67.4 Å². The van der Waals surface area contributed by atoms with E-state index in [-0.39, 0.29) is 12.5 Å². The minimum absolute atomic E-state index is 0.123. The molecular weight excluding hydrogens is 256 g/mol. The maximum Gasteiger partial charge on any atom is 0.408 e. The largest absolute Gasteiger partial charge is 0.444 e. The Bertz CT molecular complexity index is 504. The van der Waals surface area contributed by atoms with Crippen molar-refractivity contribution in [2.75, 3.05) is 11.9 Å². The maximum atomic E-state index is 11.8. The number of hydrogen-bond acceptors (Lipinski definition) is 3. The second-order valence-corrected chi connectivity index (χ2v) is 5.72. The molecule has 1 aromatic carbocycles. The van der Waals surface area contributed by atoms with Crippen molar-refractivity contribution in [2.24, 2.45) is 0 Å². The van der Waals surface area contributed by atoms with E-state index < -0.39 is 11.7 Å². The molecular formula is C15H22N2O3. The average molecular weight is 278 g/mol. The fourth-order valence-electron chi connectivity index (χ4n) is 1.53. The SMILES string of the molecule is Cc1ccc(C)c(NC(=O)CNC(=O)OC(C)(C)C)c1. The molecule has 1 aromatic rings. The third kappa shape index (κ3) is 5.73. The summed E-state index contributed by atoms with van der Waals surface area (Å²) < 4.78 is 5.05. The van der Waals surface area contributed by atoms with Crippen molar-refractivity contribution in [1.29, 1.82) is 0 Å². The quantitative estimate of drug-likeness (QED) is 0.893. The Morgan fingerprint density at radius 3 is 2.45 bits per heavy atom. The zero-order valence-corrected chi connectivity index (χ0v) is 12.7. The van der Waals surface area contributed by atoms with Crippen LogP contribution in [-0.2, 0) is 9.53 Å². The first-order chi connectivity index (χ1) is 9.17. The summed E-state index contributed by atoms with van der Waals surface area (Å²) in [6.45, 7) is 9.04. The van der Waals surface area contributed by atoms with E-state index in [9.17, 15) is 9.59 Å². The molecule has 0 saturated heterocycles. The number of carbonyl (C=O) groups excluding carboxylic acids is 2. The fraction of sp³-hybridized carbons (Fsp3) is 0.467. The van der Waals surface area contributed by atoms with E-state index in [1.54, 1.807) is 20.8 Å². The molecule has 0 bridgehead atoms. The summed E-state index contributed by atoms with van der Waals surface area (Å²) in [5, 5.41) is 5.18. The van der Waals surface area contributed by atoms with Gasteiger partial charge < -0.3 is 15.4 Å². The predicted molar refractivity (Wildman–Crippen MR) is 78.8 cm³/mol. The Balaban J connectivity index is 2.48. The van der Waals surface area contributed by atoms with Gasteiger partial charge in [0.05, 0.1) is 0 Å². The normalized spacial score (nSPS) is 10.8. The summed E-state index contributed by atoms with van der Waals surface area (Å²) in [6.07, 6.45) is -0.603. The monoisotopic (exact) mass is 278 g/mol. The molecule has 0 aliphatic carbocycles. The summed E-state index contributed by atoms with van der Waals surface area (Å²) >= 11 is 0. The first-order valence-electron chi connectivity index (χ1n) is 6.51. The van der Waals surface area contributed by atoms with Crippen molar-refractivity contribution >= 4 is 17.7 Å². The van der Waals surface area contributed by atoms with Gasteiger partial charge in [0.1, 0.15) is 12.1 Å². The van der Waals surface area contributed by atoms with Crippen LogP contribution in [0.4, 0.5) is 10.5 Å². The minimum Gasteiger partial charge on any atom is -0.444 e. The smallest absolute Gasteiger partial charge is 0.408 e. The second-order valence-electron chi connectivity index (χ2n) is 5.72. The standard InChI is InChI=1S/C15H22N2O3/c1-10-6-7-11(2)12(8-10)17-13(18)9-16-14(19)20-15(3,4)5/h6-8H,9H2,1-5H3,(H,16,19)(H,17,18). The zero-order chi connectivity index (χ0) is 15.3. The lowest BCUT2D eigenvalue weighted by Gasteiger charge is -2.19. The molecule has 0 unspecified atom stereocenters. The van der Waals surface area contributed by atoms with Gasteiger partial charge in [0.25, 0.3) is 0 Å². The van der Waals surface area contributed by atoms with Gasteiger partial charge in [-0.15, -0.1) is 0 Å². The zero-order valence-electron chi connectivity index (χ0n) is 12.7. The van der Waals surface area contributed by atoms with Crippen LogP contribution in [0.1, 0.15) is 31.9 Å². The van der Waals surface area contributed by atoms with Crippen molar-refractivity contribution in [1.82, 2.24) is 5.32 Å². The Kier molecular flexibility index (Phi) is 5.13. The van der Waals surface area contributed by atoms with Crippen LogP contribution < -0.4 is 10.6 Å². The fourth-order valence-corrected chi connectivity index (χ4v) is 1.53. The van der Waals surface area contributed by atoms with Crippen molar-refractivity contribution in [3.8, 4) is 0 Å². The molecule has 2 amide bonds. The highest BCUT2D eigenvalue weighted by Crippen LogP contribution is 2.15. The molecule has 0 spiro atoms. The maximum absolute atomic E-state index is 11.8. The van der Waals surface area contributed by atoms with Gasteiger partial charge in [0, 0.05) is 5.69 Å². The Labute approximate surface area is 119 Å². The van der Waals surface area contributed by atoms with E-state index in [1.807, 2.05) is 32.0 Å². The van der Waals surface area contributed by atoms with Crippen LogP contribution in [0.15, 0.2) is 18.2 Å². The molecule has 0 atom stereocenters. The van der Waals surface area contributed by atoms with Gasteiger partial charge in [-0.1, -0.05) is 12.1 Å². The molecule has 110 valence electrons. The van der Waals surface area contributed by atoms with Crippen LogP contribution in [0.3, 0.4) is 0 Å². The highest BCUT2D eigenvalue weighted by molar-refractivity contribution is 5.94. The number of rotatable bonds is 3. The van der Waals surface area contributed by atoms with Crippen molar-refractivity contribution in [3.63, 3.8) is 0 Å². The van der Waals surface area contributed by atoms with Crippen LogP contribution in [0.5, 0.6) is 0 Å². The van der Waals surface area contributed by atoms with Crippen LogP contribution in [0.25, 0.3) is 0 Å². The number of anilines is 1. The highest BCUT2D eigenvalue weighted by Gasteiger charge is 2.16. The Morgan fingerprint density at radius 2 is 1.85 bits per heavy atom. The molecule has 2 N–H and O–H groups in total. The summed E-state index contributed by atoms with van der Waals surface area (Å²) in [7, 11) is 0. The molecule has 0 saturated carbocycles. The summed E-state index contributed by atoms with van der Waals surface area (Å²) in [5.41, 5.74) is 2.21. The predicted octanol–water partition coefficient (Wildman–Crippen LogP) is 2.77. The molecule has 0 aliphatic heterocycles. The van der Waals surface area contributed by atoms with E-state index in [2.05, 4.69) is 10.6 Å². The van der Waals surface area contributed by atoms with Gasteiger partial charge in [-0.05, 0) is 51.8 Å². The van der Waals surface area contributed by atoms with Crippen LogP contribution in [0, 0.1) is 13.8 Å². The van der Waals surface area contributed by atoms with Gasteiger partial charge >= 0.3 is 6.09 Å². The lowest BCUT2D eigenvalue weighted by Crippen LogP contribution is -2.37. The van der Waals surface area contributed by atoms with Crippen LogP contribution in [0.2, 0.25) is 0 Å². The summed E-state index contributed by atoms with van der Waals surface area (Å²) in [6, 6.07) is 5.80. The molecule has 0 heterocycles. The number of benzene rings is 1. The van der Waals surface area contributed by atoms with E-state index in [1.165, 1.54) is 0 Å². The molecule has 20 heavy (non-hydrogen) atoms. The number of hydrogen-bond donors (Lipinski definition) is 2. The molecule has 5 heteroatoms. The van der Waals surface area contributed by atoms with Crippen LogP contribution in [-0.4, -0.2) is 24.1 Å². The van der Waals surface area contributed by atoms with Crippen molar-refractivity contribution < 1.29 is 14.3 Å². The van der Waals surface area contributed by atoms with Gasteiger partial charge in [-0.2, -0.15) is 0 Å². The van der Waals surface area contributed by atoms with Crippen molar-refractivity contribution in [2.45, 2.75) is 40.2 Å². The minimum atomic E-state index is -0.603. The Morgan fingerprint density at radius 1 is 1.20 bits per heavy atom. The number of ether oxygens (including phenoxy) is 1. The molecule has 1 rings (SSSR count). The molecule has 0 aromatic heterocycles. The van der Waals surface area contributed by atoms with E-state index >= 15 is 0 Å². The van der Waals surface area contributed by atoms with Crippen LogP contribution >= 0.6 is 0 Å². The number of aryl methyl sites for hydroxylation is 2. The van der Waals surface area contributed by atoms with E-state index in [0.717, 1.165) is 16.8 Å².